The number of rotatable bonds is 10. The van der Waals surface area contributed by atoms with Gasteiger partial charge in [0.1, 0.15) is 17.3 Å². The molecule has 4 nitrogen and oxygen atoms in total. The van der Waals surface area contributed by atoms with E-state index in [2.05, 4.69) is 12.6 Å². The number of carbonyl (C=O) groups is 2. The lowest BCUT2D eigenvalue weighted by atomic mass is 10.0. The Kier molecular flexibility index (Phi) is 15.8. The van der Waals surface area contributed by atoms with Crippen molar-refractivity contribution in [2.45, 2.75) is 24.5 Å². The van der Waals surface area contributed by atoms with E-state index in [9.17, 15) is 14.0 Å². The van der Waals surface area contributed by atoms with Crippen LogP contribution >= 0.6 is 47.9 Å². The fourth-order valence-corrected chi connectivity index (χ4v) is 6.24. The molecule has 0 unspecified atom stereocenters. The van der Waals surface area contributed by atoms with Crippen LogP contribution in [0.15, 0.2) is 170 Å². The minimum Gasteiger partial charge on any atom is -0.497 e. The number of thioether (sulfide) groups is 2. The van der Waals surface area contributed by atoms with E-state index >= 15 is 0 Å². The summed E-state index contributed by atoms with van der Waals surface area (Å²) in [4.78, 5) is 30.0. The summed E-state index contributed by atoms with van der Waals surface area (Å²) in [5.41, 5.74) is 2.54. The smallest absolute Gasteiger partial charge is 0.193 e. The van der Waals surface area contributed by atoms with Crippen LogP contribution in [0.1, 0.15) is 31.8 Å². The summed E-state index contributed by atoms with van der Waals surface area (Å²) < 4.78 is 22.8. The Morgan fingerprint density at radius 1 is 0.471 bits per heavy atom. The lowest BCUT2D eigenvalue weighted by molar-refractivity contribution is 0.103. The molecule has 9 heteroatoms. The average Bonchev–Trinajstić information content (AvgIpc) is 3.19. The van der Waals surface area contributed by atoms with Crippen LogP contribution < -0.4 is 9.47 Å². The molecular weight excluding hydrogens is 716 g/mol. The minimum atomic E-state index is -0.334. The van der Waals surface area contributed by atoms with Gasteiger partial charge in [-0.3, -0.25) is 9.59 Å². The van der Waals surface area contributed by atoms with Crippen LogP contribution in [-0.2, 0) is 0 Å². The highest BCUT2D eigenvalue weighted by Gasteiger charge is 2.10. The number of hydrogen-bond acceptors (Lipinski definition) is 8. The molecule has 0 saturated heterocycles. The highest BCUT2D eigenvalue weighted by molar-refractivity contribution is 7.99. The van der Waals surface area contributed by atoms with Gasteiger partial charge in [0.25, 0.3) is 0 Å². The summed E-state index contributed by atoms with van der Waals surface area (Å²) in [5, 5.41) is 0. The number of methoxy groups -OCH3 is 2. The van der Waals surface area contributed by atoms with E-state index in [0.29, 0.717) is 22.3 Å². The fourth-order valence-electron chi connectivity index (χ4n) is 4.46. The molecule has 0 aliphatic rings. The molecule has 0 fully saturated rings. The average molecular weight is 753 g/mol. The third-order valence-corrected chi connectivity index (χ3v) is 10.1. The summed E-state index contributed by atoms with van der Waals surface area (Å²) >= 11 is 9.07. The molecule has 0 spiro atoms. The number of carbonyl (C=O) groups excluding carboxylic acids is 2. The van der Waals surface area contributed by atoms with E-state index < -0.39 is 0 Å². The van der Waals surface area contributed by atoms with E-state index in [1.807, 2.05) is 122 Å². The van der Waals surface area contributed by atoms with Crippen molar-refractivity contribution in [3.8, 4) is 11.5 Å². The Hall–Kier alpha value is -4.41. The molecule has 0 atom stereocenters. The van der Waals surface area contributed by atoms with E-state index in [0.717, 1.165) is 36.0 Å². The largest absolute Gasteiger partial charge is 0.497 e. The second kappa shape index (κ2) is 20.4. The SMILES string of the molecule is COc1ccc(S)cc1.COc1ccc(Sc2ccc(C(=O)c3ccc(SC)cc3)cc2)cc1.CSc1ccc(C(=O)c2ccc(F)cc2)cc1. The molecule has 0 aliphatic carbocycles. The van der Waals surface area contributed by atoms with Crippen molar-refractivity contribution in [2.24, 2.45) is 0 Å². The van der Waals surface area contributed by atoms with Gasteiger partial charge < -0.3 is 9.47 Å². The zero-order valence-corrected chi connectivity index (χ0v) is 31.9. The third kappa shape index (κ3) is 12.4. The number of thiol groups is 1. The van der Waals surface area contributed by atoms with E-state index in [4.69, 9.17) is 9.47 Å². The van der Waals surface area contributed by atoms with Crippen molar-refractivity contribution in [3.05, 3.63) is 174 Å². The van der Waals surface area contributed by atoms with Gasteiger partial charge in [0.05, 0.1) is 14.2 Å². The number of halogens is 1. The Balaban J connectivity index is 0.000000192. The van der Waals surface area contributed by atoms with Crippen LogP contribution in [0.5, 0.6) is 11.5 Å². The van der Waals surface area contributed by atoms with Crippen LogP contribution in [0.4, 0.5) is 4.39 Å². The monoisotopic (exact) mass is 752 g/mol. The molecule has 6 rings (SSSR count). The number of hydrogen-bond donors (Lipinski definition) is 1. The van der Waals surface area contributed by atoms with Crippen LogP contribution in [0, 0.1) is 5.82 Å². The molecule has 0 amide bonds. The first kappa shape index (κ1) is 39.4. The first-order valence-corrected chi connectivity index (χ1v) is 19.3. The summed E-state index contributed by atoms with van der Waals surface area (Å²) in [5.74, 6) is 1.34. The number of ether oxygens (including phenoxy) is 2. The topological polar surface area (TPSA) is 52.6 Å². The van der Waals surface area contributed by atoms with Gasteiger partial charge in [0.2, 0.25) is 0 Å². The second-order valence-electron chi connectivity index (χ2n) is 10.6. The van der Waals surface area contributed by atoms with Gasteiger partial charge in [-0.05, 0) is 158 Å². The number of ketones is 2. The molecule has 6 aromatic carbocycles. The van der Waals surface area contributed by atoms with Crippen LogP contribution in [-0.4, -0.2) is 38.3 Å². The predicted octanol–water partition coefficient (Wildman–Crippen LogP) is 11.6. The maximum absolute atomic E-state index is 12.7. The molecule has 0 bridgehead atoms. The molecule has 0 aliphatic heterocycles. The first-order chi connectivity index (χ1) is 24.7. The Morgan fingerprint density at radius 2 is 0.765 bits per heavy atom. The molecular formula is C42H37FO4S4. The van der Waals surface area contributed by atoms with Gasteiger partial charge in [-0.1, -0.05) is 11.8 Å². The molecule has 6 aromatic rings. The van der Waals surface area contributed by atoms with Gasteiger partial charge in [-0.15, -0.1) is 36.2 Å². The van der Waals surface area contributed by atoms with Crippen molar-refractivity contribution < 1.29 is 23.5 Å². The maximum Gasteiger partial charge on any atom is 0.193 e. The van der Waals surface area contributed by atoms with Crippen LogP contribution in [0.3, 0.4) is 0 Å². The lowest BCUT2D eigenvalue weighted by Crippen LogP contribution is -2.00. The van der Waals surface area contributed by atoms with E-state index in [1.54, 1.807) is 61.6 Å². The zero-order chi connectivity index (χ0) is 36.6. The predicted molar refractivity (Wildman–Crippen MR) is 214 cm³/mol. The highest BCUT2D eigenvalue weighted by Crippen LogP contribution is 2.29. The molecule has 0 N–H and O–H groups in total. The Labute approximate surface area is 317 Å². The Morgan fingerprint density at radius 3 is 1.10 bits per heavy atom. The van der Waals surface area contributed by atoms with Gasteiger partial charge in [-0.25, -0.2) is 4.39 Å². The summed E-state index contributed by atoms with van der Waals surface area (Å²) in [7, 11) is 3.31. The maximum atomic E-state index is 12.7. The quantitative estimate of drug-likeness (QED) is 0.0849. The summed E-state index contributed by atoms with van der Waals surface area (Å²) in [6.07, 6.45) is 4.01. The number of benzene rings is 6. The van der Waals surface area contributed by atoms with Crippen LogP contribution in [0.25, 0.3) is 0 Å². The molecule has 0 heterocycles. The molecule has 51 heavy (non-hydrogen) atoms. The van der Waals surface area contributed by atoms with E-state index in [1.165, 1.54) is 24.3 Å². The molecule has 0 radical (unpaired) electrons. The van der Waals surface area contributed by atoms with Gasteiger partial charge in [0.15, 0.2) is 11.6 Å². The standard InChI is InChI=1S/C21H18O2S2.C14H11FOS.C7H8OS/c1-23-17-7-13-20(14-8-17)25-19-11-5-16(6-12-19)21(22)15-3-9-18(24-2)10-4-15;1-17-13-8-4-11(5-9-13)14(16)10-2-6-12(15)7-3-10;1-8-6-2-4-7(9)5-3-6/h3-14H,1-2H3;2-9H,1H3;2-5,9H,1H3. The third-order valence-electron chi connectivity index (χ3n) is 7.29. The molecule has 0 saturated carbocycles. The van der Waals surface area contributed by atoms with E-state index in [-0.39, 0.29) is 17.4 Å². The van der Waals surface area contributed by atoms with Crippen molar-refractivity contribution in [1.82, 2.24) is 0 Å². The highest BCUT2D eigenvalue weighted by atomic mass is 32.2. The second-order valence-corrected chi connectivity index (χ2v) is 14.0. The zero-order valence-electron chi connectivity index (χ0n) is 28.5. The molecule has 260 valence electrons. The van der Waals surface area contributed by atoms with Crippen molar-refractivity contribution >= 4 is 59.5 Å². The van der Waals surface area contributed by atoms with Crippen LogP contribution in [0.2, 0.25) is 0 Å². The summed E-state index contributed by atoms with van der Waals surface area (Å²) in [6.45, 7) is 0. The molecule has 0 aromatic heterocycles. The normalized spacial score (nSPS) is 10.2. The minimum absolute atomic E-state index is 0.0497. The fraction of sp³-hybridized carbons (Fsp3) is 0.0952. The summed E-state index contributed by atoms with van der Waals surface area (Å²) in [6, 6.07) is 43.9. The van der Waals surface area contributed by atoms with Gasteiger partial charge in [-0.2, -0.15) is 0 Å². The van der Waals surface area contributed by atoms with Crippen molar-refractivity contribution in [1.29, 1.82) is 0 Å². The van der Waals surface area contributed by atoms with Crippen molar-refractivity contribution in [2.75, 3.05) is 26.7 Å². The lowest BCUT2D eigenvalue weighted by Gasteiger charge is -2.06. The van der Waals surface area contributed by atoms with Crippen molar-refractivity contribution in [3.63, 3.8) is 0 Å². The first-order valence-electron chi connectivity index (χ1n) is 15.6. The van der Waals surface area contributed by atoms with Gasteiger partial charge >= 0.3 is 0 Å². The Bertz CT molecular complexity index is 1960. The van der Waals surface area contributed by atoms with Gasteiger partial charge in [0, 0.05) is 46.7 Å².